The van der Waals surface area contributed by atoms with E-state index in [0.717, 1.165) is 49.9 Å². The van der Waals surface area contributed by atoms with Gasteiger partial charge in [-0.05, 0) is 43.4 Å². The van der Waals surface area contributed by atoms with Crippen LogP contribution in [-0.2, 0) is 0 Å². The van der Waals surface area contributed by atoms with Gasteiger partial charge in [0.05, 0.1) is 11.3 Å². The fraction of sp³-hybridized carbons (Fsp3) is 0.435. The number of Topliss-reactive ketones (excluding diaryl/α,β-unsaturated/α-hetero) is 1. The molecule has 148 valence electrons. The lowest BCUT2D eigenvalue weighted by Gasteiger charge is -2.41. The molecule has 2 aromatic rings. The molecule has 2 aromatic carbocycles. The van der Waals surface area contributed by atoms with E-state index >= 15 is 0 Å². The maximum absolute atomic E-state index is 12.6. The molecule has 1 N–H and O–H groups in total. The predicted molar refractivity (Wildman–Crippen MR) is 112 cm³/mol. The van der Waals surface area contributed by atoms with Crippen LogP contribution in [0.4, 0.5) is 5.69 Å². The maximum Gasteiger partial charge on any atom is 0.170 e. The molecule has 1 fully saturated rings. The Hall–Kier alpha value is -2.20. The molecular formula is C23H26ClNO3. The number of piperidine rings is 1. The minimum Gasteiger partial charge on any atom is -0.507 e. The van der Waals surface area contributed by atoms with Crippen molar-refractivity contribution >= 4 is 23.1 Å². The van der Waals surface area contributed by atoms with Crippen LogP contribution in [0.15, 0.2) is 36.4 Å². The Labute approximate surface area is 171 Å². The van der Waals surface area contributed by atoms with Crippen molar-refractivity contribution in [2.45, 2.75) is 57.6 Å². The lowest BCUT2D eigenvalue weighted by Crippen LogP contribution is -2.44. The second kappa shape index (κ2) is 8.04. The summed E-state index contributed by atoms with van der Waals surface area (Å²) < 4.78 is 6.30. The van der Waals surface area contributed by atoms with E-state index in [0.29, 0.717) is 22.8 Å². The molecule has 0 saturated carbocycles. The number of hydrogen-bond donors (Lipinski definition) is 1. The number of rotatable bonds is 5. The number of halogens is 1. The van der Waals surface area contributed by atoms with Crippen molar-refractivity contribution in [3.05, 3.63) is 52.5 Å². The van der Waals surface area contributed by atoms with Gasteiger partial charge in [-0.3, -0.25) is 4.79 Å². The summed E-state index contributed by atoms with van der Waals surface area (Å²) in [4.78, 5) is 14.9. The number of hydrogen-bond acceptors (Lipinski definition) is 4. The molecule has 2 aliphatic rings. The Bertz CT molecular complexity index is 882. The standard InChI is InChI=1S/C23H26ClNO3/c1-2-6-22(15-7-5-8-16(24)11-15)28-18-13-19-23(21(27)14-18)20(26)12-17-9-3-4-10-25(17)19/h5,7-8,11,13-14,17,22,27H,2-4,6,9-10,12H2,1H3. The number of carbonyl (C=O) groups excluding carboxylic acids is 1. The number of benzene rings is 2. The molecule has 0 spiro atoms. The van der Waals surface area contributed by atoms with E-state index in [2.05, 4.69) is 11.8 Å². The fourth-order valence-electron chi connectivity index (χ4n) is 4.44. The molecule has 0 aliphatic carbocycles. The van der Waals surface area contributed by atoms with Crippen LogP contribution in [0.5, 0.6) is 11.5 Å². The van der Waals surface area contributed by atoms with E-state index in [-0.39, 0.29) is 23.7 Å². The quantitative estimate of drug-likeness (QED) is 0.678. The largest absolute Gasteiger partial charge is 0.507 e. The highest BCUT2D eigenvalue weighted by Gasteiger charge is 2.35. The normalized spacial score (nSPS) is 19.7. The van der Waals surface area contributed by atoms with E-state index < -0.39 is 0 Å². The van der Waals surface area contributed by atoms with E-state index in [1.165, 1.54) is 0 Å². The van der Waals surface area contributed by atoms with E-state index in [1.807, 2.05) is 30.3 Å². The summed E-state index contributed by atoms with van der Waals surface area (Å²) in [6.45, 7) is 3.03. The van der Waals surface area contributed by atoms with Crippen molar-refractivity contribution in [1.82, 2.24) is 0 Å². The average molecular weight is 400 g/mol. The number of phenolic OH excluding ortho intramolecular Hbond substituents is 1. The lowest BCUT2D eigenvalue weighted by atomic mass is 9.88. The Balaban J connectivity index is 1.68. The van der Waals surface area contributed by atoms with Gasteiger partial charge < -0.3 is 14.7 Å². The SMILES string of the molecule is CCCC(Oc1cc(O)c2c(c1)N1CCCCC1CC2=O)c1cccc(Cl)c1. The number of carbonyl (C=O) groups is 1. The van der Waals surface area contributed by atoms with Crippen LogP contribution in [0.3, 0.4) is 0 Å². The summed E-state index contributed by atoms with van der Waals surface area (Å²) >= 11 is 6.16. The number of fused-ring (bicyclic) bond motifs is 3. The summed E-state index contributed by atoms with van der Waals surface area (Å²) in [5, 5.41) is 11.3. The van der Waals surface area contributed by atoms with Gasteiger partial charge in [-0.25, -0.2) is 0 Å². The smallest absolute Gasteiger partial charge is 0.170 e. The van der Waals surface area contributed by atoms with Gasteiger partial charge >= 0.3 is 0 Å². The summed E-state index contributed by atoms with van der Waals surface area (Å²) in [5.74, 6) is 0.638. The van der Waals surface area contributed by atoms with Gasteiger partial charge in [0.15, 0.2) is 5.78 Å². The van der Waals surface area contributed by atoms with Gasteiger partial charge in [0.2, 0.25) is 0 Å². The molecule has 4 rings (SSSR count). The second-order valence-electron chi connectivity index (χ2n) is 7.76. The van der Waals surface area contributed by atoms with Crippen molar-refractivity contribution in [3.8, 4) is 11.5 Å². The third-order valence-corrected chi connectivity index (χ3v) is 5.99. The number of ether oxygens (including phenoxy) is 1. The van der Waals surface area contributed by atoms with Crippen molar-refractivity contribution in [2.24, 2.45) is 0 Å². The zero-order valence-electron chi connectivity index (χ0n) is 16.2. The predicted octanol–water partition coefficient (Wildman–Crippen LogP) is 5.91. The van der Waals surface area contributed by atoms with Gasteiger partial charge in [0.1, 0.15) is 17.6 Å². The van der Waals surface area contributed by atoms with Gasteiger partial charge in [0, 0.05) is 36.2 Å². The second-order valence-corrected chi connectivity index (χ2v) is 8.19. The van der Waals surface area contributed by atoms with Crippen molar-refractivity contribution in [3.63, 3.8) is 0 Å². The van der Waals surface area contributed by atoms with Crippen molar-refractivity contribution in [1.29, 1.82) is 0 Å². The molecular weight excluding hydrogens is 374 g/mol. The average Bonchev–Trinajstić information content (AvgIpc) is 2.67. The Kier molecular flexibility index (Phi) is 5.49. The monoisotopic (exact) mass is 399 g/mol. The number of nitrogens with zero attached hydrogens (tertiary/aromatic N) is 1. The van der Waals surface area contributed by atoms with E-state index in [9.17, 15) is 9.90 Å². The van der Waals surface area contributed by atoms with Crippen LogP contribution in [-0.4, -0.2) is 23.5 Å². The first-order valence-corrected chi connectivity index (χ1v) is 10.5. The van der Waals surface area contributed by atoms with Gasteiger partial charge in [-0.1, -0.05) is 37.1 Å². The summed E-state index contributed by atoms with van der Waals surface area (Å²) in [6.07, 6.45) is 5.41. The molecule has 5 heteroatoms. The highest BCUT2D eigenvalue weighted by Crippen LogP contribution is 2.43. The highest BCUT2D eigenvalue weighted by molar-refractivity contribution is 6.30. The van der Waals surface area contributed by atoms with Crippen LogP contribution >= 0.6 is 11.6 Å². The zero-order chi connectivity index (χ0) is 19.7. The van der Waals surface area contributed by atoms with Crippen molar-refractivity contribution < 1.29 is 14.6 Å². The molecule has 0 amide bonds. The van der Waals surface area contributed by atoms with Crippen LogP contribution in [0, 0.1) is 0 Å². The number of phenols is 1. The molecule has 28 heavy (non-hydrogen) atoms. The van der Waals surface area contributed by atoms with E-state index in [4.69, 9.17) is 16.3 Å². The van der Waals surface area contributed by atoms with Crippen LogP contribution in [0.2, 0.25) is 5.02 Å². The summed E-state index contributed by atoms with van der Waals surface area (Å²) in [6, 6.07) is 11.4. The van der Waals surface area contributed by atoms with Gasteiger partial charge in [-0.15, -0.1) is 0 Å². The first-order chi connectivity index (χ1) is 13.6. The van der Waals surface area contributed by atoms with Gasteiger partial charge in [0.25, 0.3) is 0 Å². The molecule has 4 nitrogen and oxygen atoms in total. The molecule has 1 saturated heterocycles. The molecule has 2 heterocycles. The molecule has 0 aromatic heterocycles. The molecule has 2 atom stereocenters. The highest BCUT2D eigenvalue weighted by atomic mass is 35.5. The Morgan fingerprint density at radius 2 is 2.14 bits per heavy atom. The number of aromatic hydroxyl groups is 1. The fourth-order valence-corrected chi connectivity index (χ4v) is 4.64. The minimum atomic E-state index is -0.155. The van der Waals surface area contributed by atoms with Crippen LogP contribution < -0.4 is 9.64 Å². The minimum absolute atomic E-state index is 0.0165. The lowest BCUT2D eigenvalue weighted by molar-refractivity contribution is 0.0958. The molecule has 0 bridgehead atoms. The molecule has 2 unspecified atom stereocenters. The number of ketones is 1. The third kappa shape index (κ3) is 3.70. The first kappa shape index (κ1) is 19.1. The first-order valence-electron chi connectivity index (χ1n) is 10.2. The van der Waals surface area contributed by atoms with Crippen LogP contribution in [0.25, 0.3) is 0 Å². The Morgan fingerprint density at radius 1 is 1.29 bits per heavy atom. The summed E-state index contributed by atoms with van der Waals surface area (Å²) in [7, 11) is 0. The molecule has 0 radical (unpaired) electrons. The van der Waals surface area contributed by atoms with Crippen molar-refractivity contribution in [2.75, 3.05) is 11.4 Å². The topological polar surface area (TPSA) is 49.8 Å². The third-order valence-electron chi connectivity index (χ3n) is 5.76. The summed E-state index contributed by atoms with van der Waals surface area (Å²) in [5.41, 5.74) is 2.27. The van der Waals surface area contributed by atoms with Crippen LogP contribution in [0.1, 0.15) is 67.5 Å². The van der Waals surface area contributed by atoms with E-state index in [1.54, 1.807) is 6.07 Å². The molecule has 2 aliphatic heterocycles. The Morgan fingerprint density at radius 3 is 2.93 bits per heavy atom. The maximum atomic E-state index is 12.6. The van der Waals surface area contributed by atoms with Gasteiger partial charge in [-0.2, -0.15) is 0 Å². The number of anilines is 1. The zero-order valence-corrected chi connectivity index (χ0v) is 16.9.